The quantitative estimate of drug-likeness (QED) is 0.850. The summed E-state index contributed by atoms with van der Waals surface area (Å²) in [5.74, 6) is 0.223. The van der Waals surface area contributed by atoms with Crippen molar-refractivity contribution in [1.29, 1.82) is 0 Å². The Morgan fingerprint density at radius 1 is 1.18 bits per heavy atom. The molecular weight excluding hydrogens is 210 g/mol. The van der Waals surface area contributed by atoms with E-state index >= 15 is 0 Å². The highest BCUT2D eigenvalue weighted by Crippen LogP contribution is 2.35. The van der Waals surface area contributed by atoms with Gasteiger partial charge in [-0.1, -0.05) is 56.5 Å². The van der Waals surface area contributed by atoms with Gasteiger partial charge in [0.05, 0.1) is 0 Å². The molecule has 0 heterocycles. The van der Waals surface area contributed by atoms with E-state index in [-0.39, 0.29) is 11.3 Å². The Balaban J connectivity index is 1.88. The maximum absolute atomic E-state index is 12.2. The third-order valence-corrected chi connectivity index (χ3v) is 3.80. The molecule has 0 aliphatic heterocycles. The van der Waals surface area contributed by atoms with Crippen LogP contribution in [-0.4, -0.2) is 5.91 Å². The van der Waals surface area contributed by atoms with Gasteiger partial charge >= 0.3 is 0 Å². The summed E-state index contributed by atoms with van der Waals surface area (Å²) in [6, 6.07) is 10.1. The molecule has 17 heavy (non-hydrogen) atoms. The highest BCUT2D eigenvalue weighted by atomic mass is 16.2. The number of nitrogens with one attached hydrogen (secondary N) is 1. The van der Waals surface area contributed by atoms with Gasteiger partial charge in [0.25, 0.3) is 0 Å². The number of hydrogen-bond donors (Lipinski definition) is 1. The Labute approximate surface area is 103 Å². The molecule has 1 saturated carbocycles. The van der Waals surface area contributed by atoms with E-state index < -0.39 is 0 Å². The zero-order valence-electron chi connectivity index (χ0n) is 10.5. The van der Waals surface area contributed by atoms with Gasteiger partial charge in [-0.25, -0.2) is 0 Å². The molecule has 1 N–H and O–H groups in total. The molecule has 1 aromatic rings. The molecule has 0 bridgehead atoms. The molecule has 0 saturated heterocycles. The van der Waals surface area contributed by atoms with Crippen LogP contribution in [0.5, 0.6) is 0 Å². The third kappa shape index (κ3) is 3.09. The van der Waals surface area contributed by atoms with Crippen LogP contribution in [0.4, 0.5) is 0 Å². The van der Waals surface area contributed by atoms with Crippen molar-refractivity contribution in [2.75, 3.05) is 0 Å². The van der Waals surface area contributed by atoms with E-state index in [0.717, 1.165) is 12.8 Å². The first-order valence-corrected chi connectivity index (χ1v) is 6.53. The van der Waals surface area contributed by atoms with Crippen molar-refractivity contribution < 1.29 is 4.79 Å². The second-order valence-corrected chi connectivity index (χ2v) is 5.29. The molecule has 0 radical (unpaired) electrons. The fourth-order valence-electron chi connectivity index (χ4n) is 2.55. The molecule has 2 nitrogen and oxygen atoms in total. The van der Waals surface area contributed by atoms with E-state index in [2.05, 4.69) is 12.2 Å². The average Bonchev–Trinajstić information content (AvgIpc) is 2.38. The zero-order chi connectivity index (χ0) is 12.1. The number of amides is 1. The van der Waals surface area contributed by atoms with E-state index in [1.807, 2.05) is 30.3 Å². The van der Waals surface area contributed by atoms with Gasteiger partial charge in [0.15, 0.2) is 0 Å². The van der Waals surface area contributed by atoms with Crippen LogP contribution in [0, 0.1) is 5.41 Å². The second-order valence-electron chi connectivity index (χ2n) is 5.29. The number of benzene rings is 1. The number of carbonyl (C=O) groups is 1. The van der Waals surface area contributed by atoms with Gasteiger partial charge in [-0.2, -0.15) is 0 Å². The standard InChI is InChI=1S/C15H21NO/c1-15(10-6-3-7-11-15)14(17)16-12-13-8-4-2-5-9-13/h2,4-5,8-9H,3,6-7,10-12H2,1H3,(H,16,17). The smallest absolute Gasteiger partial charge is 0.226 e. The number of rotatable bonds is 3. The predicted octanol–water partition coefficient (Wildman–Crippen LogP) is 3.27. The normalized spacial score (nSPS) is 18.6. The van der Waals surface area contributed by atoms with Gasteiger partial charge in [0.1, 0.15) is 0 Å². The monoisotopic (exact) mass is 231 g/mol. The molecule has 0 aromatic heterocycles. The molecule has 1 fully saturated rings. The van der Waals surface area contributed by atoms with E-state index in [1.165, 1.54) is 24.8 Å². The van der Waals surface area contributed by atoms with Crippen molar-refractivity contribution in [3.63, 3.8) is 0 Å². The lowest BCUT2D eigenvalue weighted by atomic mass is 9.75. The minimum atomic E-state index is -0.132. The summed E-state index contributed by atoms with van der Waals surface area (Å²) in [6.45, 7) is 2.75. The first kappa shape index (κ1) is 12.2. The molecule has 1 amide bonds. The van der Waals surface area contributed by atoms with Crippen molar-refractivity contribution in [2.24, 2.45) is 5.41 Å². The molecule has 1 aliphatic rings. The van der Waals surface area contributed by atoms with Crippen LogP contribution in [0.2, 0.25) is 0 Å². The van der Waals surface area contributed by atoms with Crippen LogP contribution >= 0.6 is 0 Å². The van der Waals surface area contributed by atoms with Gasteiger partial charge in [-0.15, -0.1) is 0 Å². The van der Waals surface area contributed by atoms with Crippen LogP contribution in [0.3, 0.4) is 0 Å². The highest BCUT2D eigenvalue weighted by Gasteiger charge is 2.33. The Bertz CT molecular complexity index is 366. The summed E-state index contributed by atoms with van der Waals surface area (Å²) < 4.78 is 0. The third-order valence-electron chi connectivity index (χ3n) is 3.80. The highest BCUT2D eigenvalue weighted by molar-refractivity contribution is 5.82. The molecule has 1 aromatic carbocycles. The van der Waals surface area contributed by atoms with Crippen molar-refractivity contribution in [3.05, 3.63) is 35.9 Å². The number of hydrogen-bond acceptors (Lipinski definition) is 1. The molecule has 1 aliphatic carbocycles. The van der Waals surface area contributed by atoms with Crippen LogP contribution in [0.25, 0.3) is 0 Å². The fraction of sp³-hybridized carbons (Fsp3) is 0.533. The zero-order valence-corrected chi connectivity index (χ0v) is 10.5. The summed E-state index contributed by atoms with van der Waals surface area (Å²) in [7, 11) is 0. The van der Waals surface area contributed by atoms with Gasteiger partial charge in [0, 0.05) is 12.0 Å². The average molecular weight is 231 g/mol. The van der Waals surface area contributed by atoms with Crippen LogP contribution < -0.4 is 5.32 Å². The number of carbonyl (C=O) groups excluding carboxylic acids is 1. The minimum absolute atomic E-state index is 0.132. The Morgan fingerprint density at radius 3 is 2.47 bits per heavy atom. The lowest BCUT2D eigenvalue weighted by Crippen LogP contribution is -2.39. The van der Waals surface area contributed by atoms with Gasteiger partial charge in [0.2, 0.25) is 5.91 Å². The summed E-state index contributed by atoms with van der Waals surface area (Å²) in [5, 5.41) is 3.07. The van der Waals surface area contributed by atoms with Gasteiger partial charge in [-0.05, 0) is 18.4 Å². The van der Waals surface area contributed by atoms with Crippen molar-refractivity contribution in [3.8, 4) is 0 Å². The summed E-state index contributed by atoms with van der Waals surface area (Å²) in [6.07, 6.45) is 5.73. The Hall–Kier alpha value is -1.31. The molecule has 0 atom stereocenters. The van der Waals surface area contributed by atoms with E-state index in [0.29, 0.717) is 6.54 Å². The molecule has 2 heteroatoms. The molecule has 0 unspecified atom stereocenters. The lowest BCUT2D eigenvalue weighted by molar-refractivity contribution is -0.132. The first-order valence-electron chi connectivity index (χ1n) is 6.53. The van der Waals surface area contributed by atoms with E-state index in [4.69, 9.17) is 0 Å². The molecule has 0 spiro atoms. The topological polar surface area (TPSA) is 29.1 Å². The summed E-state index contributed by atoms with van der Waals surface area (Å²) >= 11 is 0. The second kappa shape index (κ2) is 5.35. The van der Waals surface area contributed by atoms with Crippen molar-refractivity contribution >= 4 is 5.91 Å². The largest absolute Gasteiger partial charge is 0.352 e. The molecule has 2 rings (SSSR count). The maximum Gasteiger partial charge on any atom is 0.226 e. The molecular formula is C15H21NO. The van der Waals surface area contributed by atoms with E-state index in [1.54, 1.807) is 0 Å². The van der Waals surface area contributed by atoms with Gasteiger partial charge in [-0.3, -0.25) is 4.79 Å². The summed E-state index contributed by atoms with van der Waals surface area (Å²) in [4.78, 5) is 12.2. The minimum Gasteiger partial charge on any atom is -0.352 e. The van der Waals surface area contributed by atoms with E-state index in [9.17, 15) is 4.79 Å². The van der Waals surface area contributed by atoms with Crippen molar-refractivity contribution in [2.45, 2.75) is 45.6 Å². The fourth-order valence-corrected chi connectivity index (χ4v) is 2.55. The maximum atomic E-state index is 12.2. The Morgan fingerprint density at radius 2 is 1.82 bits per heavy atom. The van der Waals surface area contributed by atoms with Gasteiger partial charge < -0.3 is 5.32 Å². The lowest BCUT2D eigenvalue weighted by Gasteiger charge is -2.32. The predicted molar refractivity (Wildman–Crippen MR) is 69.5 cm³/mol. The van der Waals surface area contributed by atoms with Crippen molar-refractivity contribution in [1.82, 2.24) is 5.32 Å². The molecule has 92 valence electrons. The van der Waals surface area contributed by atoms with Crippen LogP contribution in [-0.2, 0) is 11.3 Å². The first-order chi connectivity index (χ1) is 8.21. The van der Waals surface area contributed by atoms with Crippen LogP contribution in [0.1, 0.15) is 44.6 Å². The summed E-state index contributed by atoms with van der Waals surface area (Å²) in [5.41, 5.74) is 1.03. The Kier molecular flexibility index (Phi) is 3.82. The van der Waals surface area contributed by atoms with Crippen LogP contribution in [0.15, 0.2) is 30.3 Å². The SMILES string of the molecule is CC1(C(=O)NCc2ccccc2)CCCCC1.